The van der Waals surface area contributed by atoms with Gasteiger partial charge in [-0.2, -0.15) is 13.2 Å². The van der Waals surface area contributed by atoms with E-state index in [1.54, 1.807) is 13.8 Å². The molecule has 2 atom stereocenters. The fourth-order valence-corrected chi connectivity index (χ4v) is 3.09. The van der Waals surface area contributed by atoms with Gasteiger partial charge in [-0.3, -0.25) is 9.69 Å². The van der Waals surface area contributed by atoms with E-state index in [4.69, 9.17) is 5.73 Å². The van der Waals surface area contributed by atoms with E-state index in [1.807, 2.05) is 0 Å². The zero-order valence-corrected chi connectivity index (χ0v) is 15.3. The van der Waals surface area contributed by atoms with Gasteiger partial charge < -0.3 is 16.4 Å². The van der Waals surface area contributed by atoms with Crippen molar-refractivity contribution in [3.8, 4) is 0 Å². The number of nitrogens with one attached hydrogen (secondary N) is 2. The lowest BCUT2D eigenvalue weighted by atomic mass is 10.0. The molecule has 1 saturated heterocycles. The standard InChI is InChI=1S/C18H25F3N4O2/c1-11(2)15(16(22)26)24-17(27)23-14-7-8-25(10-14)9-12-3-5-13(6-4-12)18(19,20)21/h3-6,11,14-15H,7-10H2,1-2H3,(H2,22,26)(H2,23,24,27). The van der Waals surface area contributed by atoms with Crippen LogP contribution in [0.5, 0.6) is 0 Å². The number of benzene rings is 1. The highest BCUT2D eigenvalue weighted by atomic mass is 19.4. The summed E-state index contributed by atoms with van der Waals surface area (Å²) >= 11 is 0. The second-order valence-electron chi connectivity index (χ2n) is 7.16. The molecule has 2 unspecified atom stereocenters. The Balaban J connectivity index is 1.82. The maximum Gasteiger partial charge on any atom is 0.416 e. The van der Waals surface area contributed by atoms with Crippen molar-refractivity contribution < 1.29 is 22.8 Å². The van der Waals surface area contributed by atoms with Crippen LogP contribution >= 0.6 is 0 Å². The SMILES string of the molecule is CC(C)C(NC(=O)NC1CCN(Cc2ccc(C(F)(F)F)cc2)C1)C(N)=O. The lowest BCUT2D eigenvalue weighted by Gasteiger charge is -2.21. The van der Waals surface area contributed by atoms with Crippen LogP contribution in [-0.2, 0) is 17.5 Å². The summed E-state index contributed by atoms with van der Waals surface area (Å²) in [6.45, 7) is 5.38. The van der Waals surface area contributed by atoms with Gasteiger partial charge in [-0.25, -0.2) is 4.79 Å². The molecule has 1 aliphatic rings. The summed E-state index contributed by atoms with van der Waals surface area (Å²) < 4.78 is 37.8. The van der Waals surface area contributed by atoms with Crippen molar-refractivity contribution in [1.82, 2.24) is 15.5 Å². The smallest absolute Gasteiger partial charge is 0.368 e. The van der Waals surface area contributed by atoms with Crippen LogP contribution in [0, 0.1) is 5.92 Å². The highest BCUT2D eigenvalue weighted by molar-refractivity contribution is 5.86. The average Bonchev–Trinajstić information content (AvgIpc) is 2.98. The van der Waals surface area contributed by atoms with Gasteiger partial charge in [0.25, 0.3) is 0 Å². The number of urea groups is 1. The summed E-state index contributed by atoms with van der Waals surface area (Å²) in [7, 11) is 0. The number of rotatable bonds is 6. The van der Waals surface area contributed by atoms with Crippen LogP contribution in [0.15, 0.2) is 24.3 Å². The number of likely N-dealkylation sites (tertiary alicyclic amines) is 1. The number of alkyl halides is 3. The van der Waals surface area contributed by atoms with Crippen LogP contribution in [0.1, 0.15) is 31.4 Å². The first-order valence-electron chi connectivity index (χ1n) is 8.81. The molecular weight excluding hydrogens is 361 g/mol. The summed E-state index contributed by atoms with van der Waals surface area (Å²) in [5.41, 5.74) is 5.39. The molecule has 6 nitrogen and oxygen atoms in total. The number of primary amides is 1. The summed E-state index contributed by atoms with van der Waals surface area (Å²) in [6.07, 6.45) is -3.62. The fraction of sp³-hybridized carbons (Fsp3) is 0.556. The number of halogens is 3. The molecule has 150 valence electrons. The molecule has 0 bridgehead atoms. The molecule has 0 aromatic heterocycles. The van der Waals surface area contributed by atoms with Crippen molar-refractivity contribution >= 4 is 11.9 Å². The van der Waals surface area contributed by atoms with E-state index < -0.39 is 29.7 Å². The molecule has 0 spiro atoms. The third-order valence-electron chi connectivity index (χ3n) is 4.55. The Bertz CT molecular complexity index is 662. The Morgan fingerprint density at radius 1 is 1.26 bits per heavy atom. The highest BCUT2D eigenvalue weighted by Gasteiger charge is 2.30. The van der Waals surface area contributed by atoms with Gasteiger partial charge in [0.05, 0.1) is 5.56 Å². The second kappa shape index (κ2) is 8.60. The third kappa shape index (κ3) is 6.13. The maximum absolute atomic E-state index is 12.6. The van der Waals surface area contributed by atoms with Gasteiger partial charge in [0.15, 0.2) is 0 Å². The van der Waals surface area contributed by atoms with Gasteiger partial charge >= 0.3 is 12.2 Å². The zero-order chi connectivity index (χ0) is 20.2. The maximum atomic E-state index is 12.6. The van der Waals surface area contributed by atoms with Gasteiger partial charge in [0, 0.05) is 25.7 Å². The predicted molar refractivity (Wildman–Crippen MR) is 94.6 cm³/mol. The zero-order valence-electron chi connectivity index (χ0n) is 15.3. The molecule has 4 N–H and O–H groups in total. The van der Waals surface area contributed by atoms with Crippen molar-refractivity contribution in [2.45, 2.75) is 45.1 Å². The topological polar surface area (TPSA) is 87.5 Å². The number of nitrogens with two attached hydrogens (primary N) is 1. The van der Waals surface area contributed by atoms with Gasteiger partial charge in [-0.05, 0) is 30.0 Å². The molecule has 1 aromatic rings. The summed E-state index contributed by atoms with van der Waals surface area (Å²) in [5, 5.41) is 5.39. The van der Waals surface area contributed by atoms with Gasteiger partial charge in [-0.1, -0.05) is 26.0 Å². The molecule has 1 aliphatic heterocycles. The summed E-state index contributed by atoms with van der Waals surface area (Å²) in [6, 6.07) is 3.80. The minimum atomic E-state index is -4.34. The largest absolute Gasteiger partial charge is 0.416 e. The minimum absolute atomic E-state index is 0.0971. The van der Waals surface area contributed by atoms with Crippen LogP contribution < -0.4 is 16.4 Å². The first-order chi connectivity index (χ1) is 12.6. The molecule has 2 rings (SSSR count). The number of carbonyl (C=O) groups is 2. The molecule has 0 aliphatic carbocycles. The molecule has 27 heavy (non-hydrogen) atoms. The number of carbonyl (C=O) groups excluding carboxylic acids is 2. The summed E-state index contributed by atoms with van der Waals surface area (Å²) in [4.78, 5) is 25.5. The number of nitrogens with zero attached hydrogens (tertiary/aromatic N) is 1. The molecule has 1 heterocycles. The van der Waals surface area contributed by atoms with Crippen molar-refractivity contribution in [2.24, 2.45) is 11.7 Å². The van der Waals surface area contributed by atoms with E-state index in [2.05, 4.69) is 15.5 Å². The van der Waals surface area contributed by atoms with Crippen molar-refractivity contribution in [3.63, 3.8) is 0 Å². The van der Waals surface area contributed by atoms with Crippen LogP contribution in [0.3, 0.4) is 0 Å². The Morgan fingerprint density at radius 2 is 1.89 bits per heavy atom. The highest BCUT2D eigenvalue weighted by Crippen LogP contribution is 2.29. The van der Waals surface area contributed by atoms with Crippen molar-refractivity contribution in [2.75, 3.05) is 13.1 Å². The predicted octanol–water partition coefficient (Wildman–Crippen LogP) is 2.09. The van der Waals surface area contributed by atoms with Crippen molar-refractivity contribution in [1.29, 1.82) is 0 Å². The normalized spacial score (nSPS) is 19.1. The molecule has 0 radical (unpaired) electrons. The Hall–Kier alpha value is -2.29. The first-order valence-corrected chi connectivity index (χ1v) is 8.81. The molecule has 9 heteroatoms. The molecular formula is C18H25F3N4O2. The van der Waals surface area contributed by atoms with Gasteiger partial charge in [0.2, 0.25) is 5.91 Å². The van der Waals surface area contributed by atoms with E-state index >= 15 is 0 Å². The minimum Gasteiger partial charge on any atom is -0.368 e. The van der Waals surface area contributed by atoms with Crippen LogP contribution in [0.4, 0.5) is 18.0 Å². The van der Waals surface area contributed by atoms with E-state index in [0.717, 1.165) is 30.7 Å². The lowest BCUT2D eigenvalue weighted by Crippen LogP contribution is -2.53. The summed E-state index contributed by atoms with van der Waals surface area (Å²) in [5.74, 6) is -0.705. The first kappa shape index (κ1) is 21.0. The van der Waals surface area contributed by atoms with E-state index in [9.17, 15) is 22.8 Å². The molecule has 3 amide bonds. The Labute approximate surface area is 156 Å². The number of hydrogen-bond acceptors (Lipinski definition) is 3. The van der Waals surface area contributed by atoms with Crippen LogP contribution in [0.2, 0.25) is 0 Å². The number of amides is 3. The van der Waals surface area contributed by atoms with Gasteiger partial charge in [-0.15, -0.1) is 0 Å². The molecule has 1 aromatic carbocycles. The van der Waals surface area contributed by atoms with E-state index in [1.165, 1.54) is 12.1 Å². The van der Waals surface area contributed by atoms with Crippen LogP contribution in [-0.4, -0.2) is 42.0 Å². The third-order valence-corrected chi connectivity index (χ3v) is 4.55. The van der Waals surface area contributed by atoms with Crippen molar-refractivity contribution in [3.05, 3.63) is 35.4 Å². The van der Waals surface area contributed by atoms with Gasteiger partial charge in [0.1, 0.15) is 6.04 Å². The monoisotopic (exact) mass is 386 g/mol. The lowest BCUT2D eigenvalue weighted by molar-refractivity contribution is -0.137. The Kier molecular flexibility index (Phi) is 6.69. The molecule has 0 saturated carbocycles. The Morgan fingerprint density at radius 3 is 2.41 bits per heavy atom. The molecule has 1 fully saturated rings. The average molecular weight is 386 g/mol. The number of hydrogen-bond donors (Lipinski definition) is 3. The second-order valence-corrected chi connectivity index (χ2v) is 7.16. The quantitative estimate of drug-likeness (QED) is 0.700. The van der Waals surface area contributed by atoms with E-state index in [0.29, 0.717) is 13.1 Å². The fourth-order valence-electron chi connectivity index (χ4n) is 3.09. The van der Waals surface area contributed by atoms with E-state index in [-0.39, 0.29) is 12.0 Å². The van der Waals surface area contributed by atoms with Crippen LogP contribution in [0.25, 0.3) is 0 Å².